The summed E-state index contributed by atoms with van der Waals surface area (Å²) in [5.74, 6) is 0.141. The molecule has 0 saturated carbocycles. The first-order valence-electron chi connectivity index (χ1n) is 9.63. The molecule has 1 saturated heterocycles. The Balaban J connectivity index is 1.47. The van der Waals surface area contributed by atoms with Gasteiger partial charge in [-0.25, -0.2) is 0 Å². The number of carbonyl (C=O) groups is 1. The van der Waals surface area contributed by atoms with Gasteiger partial charge < -0.3 is 14.6 Å². The first-order chi connectivity index (χ1) is 12.9. The van der Waals surface area contributed by atoms with Crippen LogP contribution in [-0.4, -0.2) is 28.7 Å². The molecule has 1 unspecified atom stereocenters. The lowest BCUT2D eigenvalue weighted by Gasteiger charge is -2.42. The maximum absolute atomic E-state index is 12.9. The highest BCUT2D eigenvalue weighted by molar-refractivity contribution is 5.77. The van der Waals surface area contributed by atoms with Crippen LogP contribution in [0.15, 0.2) is 53.3 Å². The topological polar surface area (TPSA) is 60.3 Å². The Morgan fingerprint density at radius 1 is 1.19 bits per heavy atom. The molecule has 1 N–H and O–H groups in total. The Labute approximate surface area is 159 Å². The molecule has 2 bridgehead atoms. The van der Waals surface area contributed by atoms with Gasteiger partial charge in [-0.2, -0.15) is 0 Å². The SMILES string of the molecule is CC(C)(Cc1ccccc1)OC(=O)C1NC[C@H]2C[C@@H]1Cn1c2cccc1=O. The van der Waals surface area contributed by atoms with E-state index in [1.54, 1.807) is 6.07 Å². The van der Waals surface area contributed by atoms with Gasteiger partial charge in [0.1, 0.15) is 11.6 Å². The van der Waals surface area contributed by atoms with Crippen LogP contribution in [0, 0.1) is 5.92 Å². The van der Waals surface area contributed by atoms with E-state index in [1.165, 1.54) is 0 Å². The number of benzene rings is 1. The number of fused-ring (bicyclic) bond motifs is 4. The van der Waals surface area contributed by atoms with Crippen LogP contribution in [0.3, 0.4) is 0 Å². The van der Waals surface area contributed by atoms with Crippen LogP contribution in [0.4, 0.5) is 0 Å². The zero-order valence-electron chi connectivity index (χ0n) is 15.9. The summed E-state index contributed by atoms with van der Waals surface area (Å²) >= 11 is 0. The summed E-state index contributed by atoms with van der Waals surface area (Å²) in [5, 5.41) is 3.38. The first kappa shape index (κ1) is 18.0. The second-order valence-corrected chi connectivity index (χ2v) is 8.32. The second kappa shape index (κ2) is 6.97. The van der Waals surface area contributed by atoms with E-state index in [1.807, 2.05) is 60.9 Å². The Morgan fingerprint density at radius 3 is 2.74 bits per heavy atom. The normalized spacial score (nSPS) is 24.1. The standard InChI is InChI=1S/C22H26N2O3/c1-22(2,12-15-7-4-3-5-8-15)27-21(26)20-17-11-16(13-23-20)18-9-6-10-19(25)24(18)14-17/h3-10,16-17,20,23H,11-14H2,1-2H3/t16-,17-,20?/m1/s1. The average molecular weight is 366 g/mol. The summed E-state index contributed by atoms with van der Waals surface area (Å²) in [5.41, 5.74) is 1.65. The van der Waals surface area contributed by atoms with E-state index in [2.05, 4.69) is 5.32 Å². The van der Waals surface area contributed by atoms with Crippen molar-refractivity contribution in [2.24, 2.45) is 5.92 Å². The van der Waals surface area contributed by atoms with E-state index in [0.717, 1.165) is 17.7 Å². The van der Waals surface area contributed by atoms with Crippen molar-refractivity contribution in [3.8, 4) is 0 Å². The number of nitrogens with zero attached hydrogens (tertiary/aromatic N) is 1. The zero-order valence-corrected chi connectivity index (χ0v) is 15.9. The van der Waals surface area contributed by atoms with E-state index >= 15 is 0 Å². The van der Waals surface area contributed by atoms with Gasteiger partial charge in [0.05, 0.1) is 0 Å². The van der Waals surface area contributed by atoms with Crippen LogP contribution in [0.1, 0.15) is 37.4 Å². The molecule has 1 fully saturated rings. The van der Waals surface area contributed by atoms with Crippen molar-refractivity contribution >= 4 is 5.97 Å². The lowest BCUT2D eigenvalue weighted by molar-refractivity contribution is -0.161. The van der Waals surface area contributed by atoms with Crippen molar-refractivity contribution in [1.82, 2.24) is 9.88 Å². The number of pyridine rings is 1. The van der Waals surface area contributed by atoms with Crippen LogP contribution < -0.4 is 10.9 Å². The molecule has 3 heterocycles. The number of ether oxygens (including phenoxy) is 1. The van der Waals surface area contributed by atoms with Crippen molar-refractivity contribution < 1.29 is 9.53 Å². The molecular formula is C22H26N2O3. The number of hydrogen-bond donors (Lipinski definition) is 1. The summed E-state index contributed by atoms with van der Waals surface area (Å²) in [4.78, 5) is 25.2. The third kappa shape index (κ3) is 3.69. The largest absolute Gasteiger partial charge is 0.458 e. The molecule has 142 valence electrons. The van der Waals surface area contributed by atoms with Crippen LogP contribution >= 0.6 is 0 Å². The molecular weight excluding hydrogens is 340 g/mol. The van der Waals surface area contributed by atoms with E-state index in [0.29, 0.717) is 19.5 Å². The molecule has 0 spiro atoms. The van der Waals surface area contributed by atoms with Crippen LogP contribution in [0.2, 0.25) is 0 Å². The fraction of sp³-hybridized carbons (Fsp3) is 0.455. The average Bonchev–Trinajstić information content (AvgIpc) is 2.63. The zero-order chi connectivity index (χ0) is 19.0. The van der Waals surface area contributed by atoms with Crippen molar-refractivity contribution in [3.63, 3.8) is 0 Å². The minimum absolute atomic E-state index is 0.0145. The van der Waals surface area contributed by atoms with Crippen LogP contribution in [-0.2, 0) is 22.5 Å². The molecule has 4 rings (SSSR count). The first-order valence-corrected chi connectivity index (χ1v) is 9.63. The summed E-state index contributed by atoms with van der Waals surface area (Å²) < 4.78 is 7.73. The van der Waals surface area contributed by atoms with Gasteiger partial charge in [0.2, 0.25) is 0 Å². The molecule has 5 nitrogen and oxygen atoms in total. The maximum atomic E-state index is 12.9. The van der Waals surface area contributed by atoms with E-state index in [9.17, 15) is 9.59 Å². The van der Waals surface area contributed by atoms with Crippen molar-refractivity contribution in [3.05, 3.63) is 70.1 Å². The van der Waals surface area contributed by atoms with Crippen LogP contribution in [0.5, 0.6) is 0 Å². The van der Waals surface area contributed by atoms with E-state index < -0.39 is 5.60 Å². The van der Waals surface area contributed by atoms with Gasteiger partial charge in [-0.1, -0.05) is 36.4 Å². The number of carbonyl (C=O) groups excluding carboxylic acids is 1. The van der Waals surface area contributed by atoms with Gasteiger partial charge in [0.25, 0.3) is 5.56 Å². The Morgan fingerprint density at radius 2 is 1.96 bits per heavy atom. The van der Waals surface area contributed by atoms with Crippen molar-refractivity contribution in [1.29, 1.82) is 0 Å². The smallest absolute Gasteiger partial charge is 0.324 e. The molecule has 0 amide bonds. The minimum atomic E-state index is -0.583. The Hall–Kier alpha value is -2.40. The molecule has 1 aromatic carbocycles. The minimum Gasteiger partial charge on any atom is -0.458 e. The third-order valence-electron chi connectivity index (χ3n) is 5.67. The predicted octanol–water partition coefficient (Wildman–Crippen LogP) is 2.49. The summed E-state index contributed by atoms with van der Waals surface area (Å²) in [6, 6.07) is 15.1. The molecule has 0 aliphatic carbocycles. The van der Waals surface area contributed by atoms with Gasteiger partial charge in [-0.3, -0.25) is 9.59 Å². The number of piperidine rings is 1. The van der Waals surface area contributed by atoms with Gasteiger partial charge in [0, 0.05) is 43.1 Å². The third-order valence-corrected chi connectivity index (χ3v) is 5.67. The quantitative estimate of drug-likeness (QED) is 0.845. The lowest BCUT2D eigenvalue weighted by atomic mass is 9.79. The summed E-state index contributed by atoms with van der Waals surface area (Å²) in [6.45, 7) is 5.16. The van der Waals surface area contributed by atoms with Crippen molar-refractivity contribution in [2.45, 2.75) is 50.8 Å². The highest BCUT2D eigenvalue weighted by Crippen LogP contribution is 2.35. The Bertz CT molecular complexity index is 888. The lowest BCUT2D eigenvalue weighted by Crippen LogP contribution is -2.56. The van der Waals surface area contributed by atoms with Gasteiger partial charge in [0.15, 0.2) is 0 Å². The number of aromatic nitrogens is 1. The number of esters is 1. The fourth-order valence-corrected chi connectivity index (χ4v) is 4.48. The number of rotatable bonds is 4. The van der Waals surface area contributed by atoms with E-state index in [4.69, 9.17) is 4.74 Å². The number of hydrogen-bond acceptors (Lipinski definition) is 4. The molecule has 2 aromatic rings. The molecule has 2 aliphatic rings. The summed E-state index contributed by atoms with van der Waals surface area (Å²) in [6.07, 6.45) is 1.58. The maximum Gasteiger partial charge on any atom is 0.324 e. The van der Waals surface area contributed by atoms with Gasteiger partial charge >= 0.3 is 5.97 Å². The summed E-state index contributed by atoms with van der Waals surface area (Å²) in [7, 11) is 0. The van der Waals surface area contributed by atoms with Gasteiger partial charge in [-0.05, 0) is 31.9 Å². The molecule has 2 aliphatic heterocycles. The number of nitrogens with one attached hydrogen (secondary N) is 1. The molecule has 0 radical (unpaired) electrons. The van der Waals surface area contributed by atoms with Crippen LogP contribution in [0.25, 0.3) is 0 Å². The highest BCUT2D eigenvalue weighted by atomic mass is 16.6. The molecule has 3 atom stereocenters. The highest BCUT2D eigenvalue weighted by Gasteiger charge is 2.41. The fourth-order valence-electron chi connectivity index (χ4n) is 4.48. The Kier molecular flexibility index (Phi) is 4.64. The predicted molar refractivity (Wildman–Crippen MR) is 104 cm³/mol. The second-order valence-electron chi connectivity index (χ2n) is 8.32. The monoisotopic (exact) mass is 366 g/mol. The van der Waals surface area contributed by atoms with E-state index in [-0.39, 0.29) is 29.4 Å². The van der Waals surface area contributed by atoms with Crippen molar-refractivity contribution in [2.75, 3.05) is 6.54 Å². The molecule has 27 heavy (non-hydrogen) atoms. The molecule has 5 heteroatoms. The molecule has 1 aromatic heterocycles. The van der Waals surface area contributed by atoms with Gasteiger partial charge in [-0.15, -0.1) is 0 Å².